The monoisotopic (exact) mass is 254 g/mol. The smallest absolute Gasteiger partial charge is 0.227 e. The molecule has 2 aliphatic rings. The van der Waals surface area contributed by atoms with Crippen molar-refractivity contribution in [3.63, 3.8) is 0 Å². The highest BCUT2D eigenvalue weighted by molar-refractivity contribution is 5.85. The summed E-state index contributed by atoms with van der Waals surface area (Å²) in [7, 11) is 0. The standard InChI is InChI=1S/C14H26N2O2/c15-11-14(7-8-14)13(17)16-9-4-10-18-12-5-2-1-3-6-12/h12H,1-11,15H2,(H,16,17). The lowest BCUT2D eigenvalue weighted by molar-refractivity contribution is -0.126. The summed E-state index contributed by atoms with van der Waals surface area (Å²) in [6.07, 6.45) is 9.67. The maximum atomic E-state index is 11.8. The van der Waals surface area contributed by atoms with E-state index in [2.05, 4.69) is 5.32 Å². The van der Waals surface area contributed by atoms with Gasteiger partial charge in [0.2, 0.25) is 5.91 Å². The van der Waals surface area contributed by atoms with Gasteiger partial charge >= 0.3 is 0 Å². The van der Waals surface area contributed by atoms with Crippen LogP contribution in [0.3, 0.4) is 0 Å². The zero-order valence-corrected chi connectivity index (χ0v) is 11.2. The first-order chi connectivity index (χ1) is 8.77. The van der Waals surface area contributed by atoms with E-state index in [1.54, 1.807) is 0 Å². The quantitative estimate of drug-likeness (QED) is 0.678. The summed E-state index contributed by atoms with van der Waals surface area (Å²) in [6, 6.07) is 0. The number of ether oxygens (including phenoxy) is 1. The van der Waals surface area contributed by atoms with E-state index < -0.39 is 0 Å². The molecule has 2 saturated carbocycles. The summed E-state index contributed by atoms with van der Waals surface area (Å²) < 4.78 is 5.82. The summed E-state index contributed by atoms with van der Waals surface area (Å²) in [5.74, 6) is 0.141. The summed E-state index contributed by atoms with van der Waals surface area (Å²) in [6.45, 7) is 1.96. The molecule has 3 N–H and O–H groups in total. The van der Waals surface area contributed by atoms with E-state index >= 15 is 0 Å². The number of rotatable bonds is 7. The molecule has 0 atom stereocenters. The van der Waals surface area contributed by atoms with E-state index in [-0.39, 0.29) is 11.3 Å². The average Bonchev–Trinajstić information content (AvgIpc) is 3.20. The van der Waals surface area contributed by atoms with Crippen molar-refractivity contribution in [2.75, 3.05) is 19.7 Å². The Kier molecular flexibility index (Phi) is 5.01. The summed E-state index contributed by atoms with van der Waals surface area (Å²) in [5.41, 5.74) is 5.39. The predicted molar refractivity (Wildman–Crippen MR) is 71.2 cm³/mol. The average molecular weight is 254 g/mol. The van der Waals surface area contributed by atoms with Crippen molar-refractivity contribution in [1.29, 1.82) is 0 Å². The molecule has 4 nitrogen and oxygen atoms in total. The Bertz CT molecular complexity index is 271. The Morgan fingerprint density at radius 1 is 1.28 bits per heavy atom. The topological polar surface area (TPSA) is 64.4 Å². The predicted octanol–water partition coefficient (Wildman–Crippen LogP) is 1.58. The van der Waals surface area contributed by atoms with Crippen LogP contribution < -0.4 is 11.1 Å². The van der Waals surface area contributed by atoms with Crippen molar-refractivity contribution in [3.05, 3.63) is 0 Å². The van der Waals surface area contributed by atoms with E-state index in [9.17, 15) is 4.79 Å². The van der Waals surface area contributed by atoms with Crippen molar-refractivity contribution in [3.8, 4) is 0 Å². The molecule has 0 spiro atoms. The lowest BCUT2D eigenvalue weighted by Gasteiger charge is -2.22. The van der Waals surface area contributed by atoms with Crippen LogP contribution in [0.1, 0.15) is 51.4 Å². The van der Waals surface area contributed by atoms with Gasteiger partial charge in [-0.05, 0) is 32.1 Å². The van der Waals surface area contributed by atoms with Crippen LogP contribution in [0.2, 0.25) is 0 Å². The van der Waals surface area contributed by atoms with Crippen LogP contribution in [0.4, 0.5) is 0 Å². The molecule has 0 heterocycles. The van der Waals surface area contributed by atoms with Gasteiger partial charge in [0.15, 0.2) is 0 Å². The van der Waals surface area contributed by atoms with Crippen LogP contribution in [0.5, 0.6) is 0 Å². The van der Waals surface area contributed by atoms with Gasteiger partial charge in [0.05, 0.1) is 11.5 Å². The van der Waals surface area contributed by atoms with E-state index in [4.69, 9.17) is 10.5 Å². The van der Waals surface area contributed by atoms with Gasteiger partial charge in [0.1, 0.15) is 0 Å². The molecule has 0 aromatic carbocycles. The molecule has 18 heavy (non-hydrogen) atoms. The Morgan fingerprint density at radius 3 is 2.61 bits per heavy atom. The molecule has 2 fully saturated rings. The van der Waals surface area contributed by atoms with Crippen LogP contribution in [0.25, 0.3) is 0 Å². The Balaban J connectivity index is 1.49. The van der Waals surface area contributed by atoms with Crippen molar-refractivity contribution in [2.24, 2.45) is 11.1 Å². The minimum Gasteiger partial charge on any atom is -0.378 e. The molecule has 0 aromatic rings. The fourth-order valence-corrected chi connectivity index (χ4v) is 2.62. The molecule has 1 amide bonds. The molecule has 4 heteroatoms. The fourth-order valence-electron chi connectivity index (χ4n) is 2.62. The Morgan fingerprint density at radius 2 is 2.00 bits per heavy atom. The van der Waals surface area contributed by atoms with Crippen molar-refractivity contribution < 1.29 is 9.53 Å². The number of hydrogen-bond acceptors (Lipinski definition) is 3. The minimum atomic E-state index is -0.218. The van der Waals surface area contributed by atoms with Gasteiger partial charge in [-0.2, -0.15) is 0 Å². The second-order valence-corrected chi connectivity index (χ2v) is 5.72. The molecular formula is C14H26N2O2. The highest BCUT2D eigenvalue weighted by atomic mass is 16.5. The first-order valence-corrected chi connectivity index (χ1v) is 7.37. The zero-order chi connectivity index (χ0) is 12.8. The van der Waals surface area contributed by atoms with Gasteiger partial charge in [0, 0.05) is 19.7 Å². The van der Waals surface area contributed by atoms with Crippen molar-refractivity contribution in [2.45, 2.75) is 57.5 Å². The van der Waals surface area contributed by atoms with Gasteiger partial charge in [-0.3, -0.25) is 4.79 Å². The minimum absolute atomic E-state index is 0.141. The second-order valence-electron chi connectivity index (χ2n) is 5.72. The van der Waals surface area contributed by atoms with Gasteiger partial charge in [-0.25, -0.2) is 0 Å². The number of amides is 1. The molecular weight excluding hydrogens is 228 g/mol. The van der Waals surface area contributed by atoms with E-state index in [1.165, 1.54) is 32.1 Å². The SMILES string of the molecule is NCC1(C(=O)NCCCOC2CCCCC2)CC1. The van der Waals surface area contributed by atoms with Crippen LogP contribution in [-0.4, -0.2) is 31.7 Å². The van der Waals surface area contributed by atoms with Gasteiger partial charge in [0.25, 0.3) is 0 Å². The Labute approximate surface area is 110 Å². The molecule has 2 aliphatic carbocycles. The summed E-state index contributed by atoms with van der Waals surface area (Å²) in [5, 5.41) is 2.98. The Hall–Kier alpha value is -0.610. The largest absolute Gasteiger partial charge is 0.378 e. The van der Waals surface area contributed by atoms with Crippen molar-refractivity contribution in [1.82, 2.24) is 5.32 Å². The summed E-state index contributed by atoms with van der Waals surface area (Å²) in [4.78, 5) is 11.8. The molecule has 0 aliphatic heterocycles. The van der Waals surface area contributed by atoms with Crippen LogP contribution >= 0.6 is 0 Å². The number of hydrogen-bond donors (Lipinski definition) is 2. The second kappa shape index (κ2) is 6.53. The third kappa shape index (κ3) is 3.69. The highest BCUT2D eigenvalue weighted by Gasteiger charge is 2.48. The number of nitrogens with two attached hydrogens (primary N) is 1. The number of nitrogens with one attached hydrogen (secondary N) is 1. The van der Waals surface area contributed by atoms with E-state index in [0.29, 0.717) is 19.2 Å². The maximum Gasteiger partial charge on any atom is 0.227 e. The maximum absolute atomic E-state index is 11.8. The lowest BCUT2D eigenvalue weighted by atomic mass is 9.98. The highest BCUT2D eigenvalue weighted by Crippen LogP contribution is 2.44. The molecule has 2 rings (SSSR count). The van der Waals surface area contributed by atoms with Crippen molar-refractivity contribution >= 4 is 5.91 Å². The van der Waals surface area contributed by atoms with Crippen LogP contribution in [-0.2, 0) is 9.53 Å². The number of carbonyl (C=O) groups excluding carboxylic acids is 1. The number of carbonyl (C=O) groups is 1. The molecule has 0 radical (unpaired) electrons. The van der Waals surface area contributed by atoms with Crippen LogP contribution in [0, 0.1) is 5.41 Å². The fraction of sp³-hybridized carbons (Fsp3) is 0.929. The van der Waals surface area contributed by atoms with E-state index in [1.807, 2.05) is 0 Å². The molecule has 0 unspecified atom stereocenters. The zero-order valence-electron chi connectivity index (χ0n) is 11.2. The summed E-state index contributed by atoms with van der Waals surface area (Å²) >= 11 is 0. The molecule has 0 aromatic heterocycles. The van der Waals surface area contributed by atoms with Gasteiger partial charge in [-0.15, -0.1) is 0 Å². The third-order valence-electron chi connectivity index (χ3n) is 4.24. The first kappa shape index (κ1) is 13.8. The molecule has 104 valence electrons. The lowest BCUT2D eigenvalue weighted by Crippen LogP contribution is -2.37. The molecule has 0 bridgehead atoms. The van der Waals surface area contributed by atoms with Gasteiger partial charge < -0.3 is 15.8 Å². The van der Waals surface area contributed by atoms with Gasteiger partial charge in [-0.1, -0.05) is 19.3 Å². The normalized spacial score (nSPS) is 22.7. The first-order valence-electron chi connectivity index (χ1n) is 7.37. The third-order valence-corrected chi connectivity index (χ3v) is 4.24. The molecule has 0 saturated heterocycles. The van der Waals surface area contributed by atoms with Crippen LogP contribution in [0.15, 0.2) is 0 Å². The van der Waals surface area contributed by atoms with E-state index in [0.717, 1.165) is 25.9 Å².